The van der Waals surface area contributed by atoms with Crippen molar-refractivity contribution in [3.8, 4) is 0 Å². The Balaban J connectivity index is 0.00000144. The summed E-state index contributed by atoms with van der Waals surface area (Å²) in [4.78, 5) is 0.111. The van der Waals surface area contributed by atoms with Crippen molar-refractivity contribution in [1.82, 2.24) is 0 Å². The van der Waals surface area contributed by atoms with Gasteiger partial charge in [-0.2, -0.15) is 0 Å². The summed E-state index contributed by atoms with van der Waals surface area (Å²) >= 11 is 0. The van der Waals surface area contributed by atoms with Crippen LogP contribution >= 0.6 is 0 Å². The molecule has 5 heteroatoms. The van der Waals surface area contributed by atoms with Gasteiger partial charge in [-0.3, -0.25) is 0 Å². The zero-order valence-electron chi connectivity index (χ0n) is 6.40. The van der Waals surface area contributed by atoms with Crippen LogP contribution in [0.1, 0.15) is 5.56 Å². The second-order valence-corrected chi connectivity index (χ2v) is 3.82. The molecule has 3 nitrogen and oxygen atoms in total. The molecule has 0 atom stereocenters. The number of benzene rings is 1. The topological polar surface area (TPSA) is 60.2 Å². The summed E-state index contributed by atoms with van der Waals surface area (Å²) in [6.45, 7) is 3.49. The molecule has 0 heterocycles. The number of hydrogen-bond acceptors (Lipinski definition) is 2. The Kier molecular flexibility index (Phi) is 4.44. The van der Waals surface area contributed by atoms with Crippen LogP contribution < -0.4 is 5.14 Å². The Morgan fingerprint density at radius 3 is 2.23 bits per heavy atom. The van der Waals surface area contributed by atoms with E-state index in [1.165, 1.54) is 12.1 Å². The molecule has 0 aliphatic carbocycles. The molecule has 0 aliphatic heterocycles. The van der Waals surface area contributed by atoms with Crippen molar-refractivity contribution in [3.63, 3.8) is 0 Å². The van der Waals surface area contributed by atoms with Gasteiger partial charge in [0.2, 0.25) is 10.0 Å². The summed E-state index contributed by atoms with van der Waals surface area (Å²) in [7, 11) is -3.62. The van der Waals surface area contributed by atoms with Gasteiger partial charge in [-0.25, -0.2) is 13.6 Å². The molecule has 2 N–H and O–H groups in total. The van der Waals surface area contributed by atoms with E-state index in [1.807, 2.05) is 0 Å². The number of nitrogens with two attached hydrogens (primary N) is 1. The molecule has 13 heavy (non-hydrogen) atoms. The van der Waals surface area contributed by atoms with Crippen LogP contribution in [0.3, 0.4) is 0 Å². The van der Waals surface area contributed by atoms with Crippen LogP contribution in [-0.2, 0) is 10.0 Å². The average Bonchev–Trinajstić information content (AvgIpc) is 2.03. The second kappa shape index (κ2) is 4.63. The summed E-state index contributed by atoms with van der Waals surface area (Å²) in [5.74, 6) is 0. The normalized spacial score (nSPS) is 10.2. The van der Waals surface area contributed by atoms with Crippen molar-refractivity contribution in [1.29, 1.82) is 0 Å². The zero-order chi connectivity index (χ0) is 9.19. The molecule has 1 aromatic carbocycles. The molecule has 1 rings (SSSR count). The number of hydrogen-bond donors (Lipinski definition) is 1. The van der Waals surface area contributed by atoms with Crippen molar-refractivity contribution < 1.29 is 8.42 Å². The first-order valence-electron chi connectivity index (χ1n) is 3.30. The van der Waals surface area contributed by atoms with Crippen molar-refractivity contribution in [2.75, 3.05) is 0 Å². The Hall–Kier alpha value is -0.533. The molecule has 0 spiro atoms. The molecular weight excluding hydrogens is 181 g/mol. The van der Waals surface area contributed by atoms with E-state index in [1.54, 1.807) is 18.2 Å². The second-order valence-electron chi connectivity index (χ2n) is 2.29. The molecule has 0 radical (unpaired) electrons. The minimum absolute atomic E-state index is 0. The molecule has 0 saturated heterocycles. The van der Waals surface area contributed by atoms with E-state index in [9.17, 15) is 8.42 Å². The summed E-state index contributed by atoms with van der Waals surface area (Å²) in [5.41, 5.74) is 0.528. The molecule has 0 aliphatic rings. The Labute approximate surface area is 89.9 Å². The third-order valence-electron chi connectivity index (χ3n) is 1.45. The van der Waals surface area contributed by atoms with Gasteiger partial charge in [0.05, 0.1) is 4.90 Å². The third-order valence-corrected chi connectivity index (χ3v) is 2.43. The van der Waals surface area contributed by atoms with Gasteiger partial charge in [0.1, 0.15) is 0 Å². The van der Waals surface area contributed by atoms with E-state index in [0.29, 0.717) is 5.56 Å². The third kappa shape index (κ3) is 3.01. The number of rotatable bonds is 2. The summed E-state index contributed by atoms with van der Waals surface area (Å²) in [6, 6.07) is 6.44. The van der Waals surface area contributed by atoms with E-state index in [0.717, 1.165) is 0 Å². The van der Waals surface area contributed by atoms with Crippen molar-refractivity contribution in [2.24, 2.45) is 5.14 Å². The molecule has 0 saturated carbocycles. The van der Waals surface area contributed by atoms with Gasteiger partial charge in [0, 0.05) is 0 Å². The van der Waals surface area contributed by atoms with Crippen LogP contribution in [0, 0.1) is 0 Å². The molecular formula is C8H10LiNO2S. The van der Waals surface area contributed by atoms with Crippen LogP contribution in [-0.4, -0.2) is 27.3 Å². The van der Waals surface area contributed by atoms with E-state index >= 15 is 0 Å². The fourth-order valence-corrected chi connectivity index (χ4v) is 1.66. The average molecular weight is 191 g/mol. The summed E-state index contributed by atoms with van der Waals surface area (Å²) in [5, 5.41) is 4.96. The molecule has 0 aromatic heterocycles. The van der Waals surface area contributed by atoms with E-state index in [-0.39, 0.29) is 23.8 Å². The first kappa shape index (κ1) is 12.5. The van der Waals surface area contributed by atoms with E-state index in [2.05, 4.69) is 6.58 Å². The predicted molar refractivity (Wildman–Crippen MR) is 55.1 cm³/mol. The van der Waals surface area contributed by atoms with Crippen LogP contribution in [0.2, 0.25) is 0 Å². The molecule has 1 aromatic rings. The van der Waals surface area contributed by atoms with Gasteiger partial charge >= 0.3 is 18.9 Å². The van der Waals surface area contributed by atoms with Gasteiger partial charge in [0.15, 0.2) is 0 Å². The Morgan fingerprint density at radius 2 is 1.85 bits per heavy atom. The maximum atomic E-state index is 10.9. The predicted octanol–water partition coefficient (Wildman–Crippen LogP) is 0.329. The standard InChI is InChI=1S/C8H9NO2S.Li.H/c1-2-7-5-3-4-6-8(7)12(9,10)11;;/h2-6H,1H2,(H2,9,10,11);;. The van der Waals surface area contributed by atoms with Crippen molar-refractivity contribution >= 4 is 35.0 Å². The fourth-order valence-electron chi connectivity index (χ4n) is 0.908. The van der Waals surface area contributed by atoms with Crippen LogP contribution in [0.5, 0.6) is 0 Å². The van der Waals surface area contributed by atoms with E-state index in [4.69, 9.17) is 5.14 Å². The minimum atomic E-state index is -3.62. The SMILES string of the molecule is C=Cc1ccccc1S(N)(=O)=O.[LiH]. The molecule has 0 bridgehead atoms. The van der Waals surface area contributed by atoms with Crippen LogP contribution in [0.4, 0.5) is 0 Å². The van der Waals surface area contributed by atoms with Gasteiger partial charge in [-0.1, -0.05) is 30.9 Å². The van der Waals surface area contributed by atoms with Gasteiger partial charge in [0.25, 0.3) is 0 Å². The summed E-state index contributed by atoms with van der Waals surface area (Å²) < 4.78 is 21.9. The molecule has 0 amide bonds. The van der Waals surface area contributed by atoms with Gasteiger partial charge in [-0.15, -0.1) is 0 Å². The van der Waals surface area contributed by atoms with Crippen molar-refractivity contribution in [3.05, 3.63) is 36.4 Å². The zero-order valence-corrected chi connectivity index (χ0v) is 7.21. The van der Waals surface area contributed by atoms with Crippen LogP contribution in [0.15, 0.2) is 35.7 Å². The maximum absolute atomic E-state index is 10.9. The molecule has 66 valence electrons. The molecule has 0 fully saturated rings. The van der Waals surface area contributed by atoms with E-state index < -0.39 is 10.0 Å². The Morgan fingerprint density at radius 1 is 1.31 bits per heavy atom. The van der Waals surface area contributed by atoms with Gasteiger partial charge < -0.3 is 0 Å². The quantitative estimate of drug-likeness (QED) is 0.685. The first-order chi connectivity index (χ1) is 5.55. The summed E-state index contributed by atoms with van der Waals surface area (Å²) in [6.07, 6.45) is 1.46. The van der Waals surface area contributed by atoms with Crippen molar-refractivity contribution in [2.45, 2.75) is 4.90 Å². The number of sulfonamides is 1. The fraction of sp³-hybridized carbons (Fsp3) is 0. The van der Waals surface area contributed by atoms with Gasteiger partial charge in [-0.05, 0) is 11.6 Å². The number of primary sulfonamides is 1. The molecule has 0 unspecified atom stereocenters. The monoisotopic (exact) mass is 191 g/mol. The Bertz CT molecular complexity index is 400. The van der Waals surface area contributed by atoms with Crippen LogP contribution in [0.25, 0.3) is 6.08 Å². The first-order valence-corrected chi connectivity index (χ1v) is 4.84.